The zero-order valence-corrected chi connectivity index (χ0v) is 12.6. The standard InChI is InChI=1S/C15H16ClN5O/c16-11-4-2-1-3-10(11)12-9-18-7-8-21(12)15(22)13-14(17)20-6-5-19-13/h1-6,12,18H,7-9H2,(H2,17,20). The predicted octanol–water partition coefficient (Wildman–Crippen LogP) is 1.50. The van der Waals surface area contributed by atoms with Crippen molar-refractivity contribution in [1.82, 2.24) is 20.2 Å². The van der Waals surface area contributed by atoms with Gasteiger partial charge in [0, 0.05) is 37.1 Å². The number of piperazine rings is 1. The quantitative estimate of drug-likeness (QED) is 0.877. The Hall–Kier alpha value is -2.18. The Morgan fingerprint density at radius 2 is 2.09 bits per heavy atom. The Kier molecular flexibility index (Phi) is 4.22. The van der Waals surface area contributed by atoms with Gasteiger partial charge in [-0.3, -0.25) is 4.79 Å². The molecule has 1 unspecified atom stereocenters. The van der Waals surface area contributed by atoms with E-state index < -0.39 is 0 Å². The summed E-state index contributed by atoms with van der Waals surface area (Å²) in [6.45, 7) is 1.91. The third-order valence-electron chi connectivity index (χ3n) is 3.70. The Labute approximate surface area is 133 Å². The summed E-state index contributed by atoms with van der Waals surface area (Å²) in [4.78, 5) is 22.5. The van der Waals surface area contributed by atoms with E-state index in [1.54, 1.807) is 4.90 Å². The Morgan fingerprint density at radius 3 is 2.86 bits per heavy atom. The molecule has 1 atom stereocenters. The zero-order chi connectivity index (χ0) is 15.5. The van der Waals surface area contributed by atoms with Crippen molar-refractivity contribution >= 4 is 23.3 Å². The Balaban J connectivity index is 1.95. The largest absolute Gasteiger partial charge is 0.382 e. The maximum absolute atomic E-state index is 12.8. The summed E-state index contributed by atoms with van der Waals surface area (Å²) in [5.41, 5.74) is 6.87. The van der Waals surface area contributed by atoms with Crippen molar-refractivity contribution < 1.29 is 4.79 Å². The minimum absolute atomic E-state index is 0.143. The van der Waals surface area contributed by atoms with Gasteiger partial charge in [0.25, 0.3) is 5.91 Å². The SMILES string of the molecule is Nc1nccnc1C(=O)N1CCNCC1c1ccccc1Cl. The molecule has 0 saturated carbocycles. The van der Waals surface area contributed by atoms with E-state index in [9.17, 15) is 4.79 Å². The van der Waals surface area contributed by atoms with Crippen molar-refractivity contribution in [3.05, 3.63) is 52.9 Å². The highest BCUT2D eigenvalue weighted by Gasteiger charge is 2.31. The van der Waals surface area contributed by atoms with E-state index in [1.165, 1.54) is 12.4 Å². The summed E-state index contributed by atoms with van der Waals surface area (Å²) >= 11 is 6.29. The van der Waals surface area contributed by atoms with Gasteiger partial charge in [-0.15, -0.1) is 0 Å². The van der Waals surface area contributed by atoms with Crippen LogP contribution in [0, 0.1) is 0 Å². The lowest BCUT2D eigenvalue weighted by Gasteiger charge is -2.36. The topological polar surface area (TPSA) is 84.1 Å². The van der Waals surface area contributed by atoms with Gasteiger partial charge >= 0.3 is 0 Å². The van der Waals surface area contributed by atoms with E-state index in [2.05, 4.69) is 15.3 Å². The van der Waals surface area contributed by atoms with Crippen molar-refractivity contribution in [3.63, 3.8) is 0 Å². The van der Waals surface area contributed by atoms with Crippen LogP contribution in [0.2, 0.25) is 5.02 Å². The molecule has 2 heterocycles. The van der Waals surface area contributed by atoms with Gasteiger partial charge < -0.3 is 16.0 Å². The fourth-order valence-electron chi connectivity index (χ4n) is 2.62. The molecule has 0 radical (unpaired) electrons. The molecule has 1 aliphatic heterocycles. The number of anilines is 1. The molecule has 0 spiro atoms. The van der Waals surface area contributed by atoms with E-state index in [-0.39, 0.29) is 23.5 Å². The second-order valence-corrected chi connectivity index (χ2v) is 5.44. The van der Waals surface area contributed by atoms with E-state index in [1.807, 2.05) is 24.3 Å². The summed E-state index contributed by atoms with van der Waals surface area (Å²) in [6.07, 6.45) is 2.94. The summed E-state index contributed by atoms with van der Waals surface area (Å²) in [5.74, 6) is -0.0824. The molecule has 1 aromatic carbocycles. The van der Waals surface area contributed by atoms with Crippen LogP contribution < -0.4 is 11.1 Å². The number of nitrogens with two attached hydrogens (primary N) is 1. The van der Waals surface area contributed by atoms with Crippen LogP contribution in [0.5, 0.6) is 0 Å². The number of carbonyl (C=O) groups is 1. The van der Waals surface area contributed by atoms with Gasteiger partial charge in [0.1, 0.15) is 0 Å². The van der Waals surface area contributed by atoms with Crippen LogP contribution in [0.3, 0.4) is 0 Å². The number of rotatable bonds is 2. The van der Waals surface area contributed by atoms with Crippen LogP contribution in [0.4, 0.5) is 5.82 Å². The average molecular weight is 318 g/mol. The van der Waals surface area contributed by atoms with Gasteiger partial charge in [-0.05, 0) is 11.6 Å². The number of carbonyl (C=O) groups excluding carboxylic acids is 1. The predicted molar refractivity (Wildman–Crippen MR) is 84.5 cm³/mol. The first-order chi connectivity index (χ1) is 10.7. The first kappa shape index (κ1) is 14.7. The first-order valence-corrected chi connectivity index (χ1v) is 7.39. The molecule has 6 nitrogen and oxygen atoms in total. The number of aromatic nitrogens is 2. The highest BCUT2D eigenvalue weighted by atomic mass is 35.5. The lowest BCUT2D eigenvalue weighted by atomic mass is 10.0. The van der Waals surface area contributed by atoms with E-state index in [4.69, 9.17) is 17.3 Å². The fraction of sp³-hybridized carbons (Fsp3) is 0.267. The zero-order valence-electron chi connectivity index (χ0n) is 11.9. The van der Waals surface area contributed by atoms with Gasteiger partial charge in [0.2, 0.25) is 0 Å². The van der Waals surface area contributed by atoms with Gasteiger partial charge in [0.05, 0.1) is 6.04 Å². The lowest BCUT2D eigenvalue weighted by molar-refractivity contribution is 0.0629. The average Bonchev–Trinajstić information content (AvgIpc) is 2.55. The van der Waals surface area contributed by atoms with Crippen LogP contribution >= 0.6 is 11.6 Å². The molecule has 3 N–H and O–H groups in total. The lowest BCUT2D eigenvalue weighted by Crippen LogP contribution is -2.49. The Bertz CT molecular complexity index is 693. The van der Waals surface area contributed by atoms with E-state index >= 15 is 0 Å². The number of hydrogen-bond acceptors (Lipinski definition) is 5. The number of nitrogens with zero attached hydrogens (tertiary/aromatic N) is 3. The fourth-order valence-corrected chi connectivity index (χ4v) is 2.88. The molecule has 1 aliphatic rings. The highest BCUT2D eigenvalue weighted by Crippen LogP contribution is 2.29. The van der Waals surface area contributed by atoms with Crippen molar-refractivity contribution in [2.45, 2.75) is 6.04 Å². The van der Waals surface area contributed by atoms with Crippen molar-refractivity contribution in [2.24, 2.45) is 0 Å². The molecule has 114 valence electrons. The minimum Gasteiger partial charge on any atom is -0.382 e. The second kappa shape index (κ2) is 6.29. The summed E-state index contributed by atoms with van der Waals surface area (Å²) < 4.78 is 0. The van der Waals surface area contributed by atoms with Crippen molar-refractivity contribution in [3.8, 4) is 0 Å². The third-order valence-corrected chi connectivity index (χ3v) is 4.04. The number of benzene rings is 1. The van der Waals surface area contributed by atoms with E-state index in [0.717, 1.165) is 5.56 Å². The maximum atomic E-state index is 12.8. The molecule has 1 saturated heterocycles. The molecular formula is C15H16ClN5O. The number of hydrogen-bond donors (Lipinski definition) is 2. The molecule has 2 aromatic rings. The summed E-state index contributed by atoms with van der Waals surface area (Å²) in [5, 5.41) is 3.93. The second-order valence-electron chi connectivity index (χ2n) is 5.03. The van der Waals surface area contributed by atoms with Crippen LogP contribution in [0.1, 0.15) is 22.1 Å². The molecule has 0 aliphatic carbocycles. The molecular weight excluding hydrogens is 302 g/mol. The number of amides is 1. The van der Waals surface area contributed by atoms with Gasteiger partial charge in [-0.1, -0.05) is 29.8 Å². The van der Waals surface area contributed by atoms with Gasteiger partial charge in [0.15, 0.2) is 11.5 Å². The maximum Gasteiger partial charge on any atom is 0.276 e. The van der Waals surface area contributed by atoms with Crippen LogP contribution in [-0.2, 0) is 0 Å². The van der Waals surface area contributed by atoms with Crippen LogP contribution in [-0.4, -0.2) is 40.4 Å². The van der Waals surface area contributed by atoms with E-state index in [0.29, 0.717) is 24.7 Å². The molecule has 0 bridgehead atoms. The first-order valence-electron chi connectivity index (χ1n) is 7.01. The van der Waals surface area contributed by atoms with Crippen molar-refractivity contribution in [2.75, 3.05) is 25.4 Å². The molecule has 22 heavy (non-hydrogen) atoms. The monoisotopic (exact) mass is 317 g/mol. The summed E-state index contributed by atoms with van der Waals surface area (Å²) in [7, 11) is 0. The van der Waals surface area contributed by atoms with Crippen LogP contribution in [0.25, 0.3) is 0 Å². The number of nitrogen functional groups attached to an aromatic ring is 1. The smallest absolute Gasteiger partial charge is 0.276 e. The number of nitrogens with one attached hydrogen (secondary N) is 1. The third kappa shape index (κ3) is 2.75. The minimum atomic E-state index is -0.225. The molecule has 1 fully saturated rings. The van der Waals surface area contributed by atoms with Crippen LogP contribution in [0.15, 0.2) is 36.7 Å². The molecule has 1 amide bonds. The Morgan fingerprint density at radius 1 is 1.32 bits per heavy atom. The summed E-state index contributed by atoms with van der Waals surface area (Å²) in [6, 6.07) is 7.38. The highest BCUT2D eigenvalue weighted by molar-refractivity contribution is 6.31. The van der Waals surface area contributed by atoms with Crippen molar-refractivity contribution in [1.29, 1.82) is 0 Å². The molecule has 3 rings (SSSR count). The van der Waals surface area contributed by atoms with Gasteiger partial charge in [-0.25, -0.2) is 9.97 Å². The molecule has 1 aromatic heterocycles. The normalized spacial score (nSPS) is 18.2. The molecule has 7 heteroatoms. The van der Waals surface area contributed by atoms with Gasteiger partial charge in [-0.2, -0.15) is 0 Å². The number of halogens is 1.